The van der Waals surface area contributed by atoms with Gasteiger partial charge in [0, 0.05) is 49.2 Å². The fourth-order valence-corrected chi connectivity index (χ4v) is 5.32. The van der Waals surface area contributed by atoms with E-state index >= 15 is 0 Å². The lowest BCUT2D eigenvalue weighted by Gasteiger charge is -2.31. The number of rotatable bonds is 8. The summed E-state index contributed by atoms with van der Waals surface area (Å²) < 4.78 is 5.50. The maximum Gasteiger partial charge on any atom is 0.251 e. The first-order chi connectivity index (χ1) is 18.5. The van der Waals surface area contributed by atoms with Gasteiger partial charge in [-0.2, -0.15) is 0 Å². The third-order valence-corrected chi connectivity index (χ3v) is 7.85. The van der Waals surface area contributed by atoms with Gasteiger partial charge in [0.05, 0.1) is 12.1 Å². The number of aliphatic hydroxyl groups is 1. The summed E-state index contributed by atoms with van der Waals surface area (Å²) in [6, 6.07) is 5.90. The highest BCUT2D eigenvalue weighted by atomic mass is 16.5. The first kappa shape index (κ1) is 26.4. The second-order valence-electron chi connectivity index (χ2n) is 10.9. The highest BCUT2D eigenvalue weighted by molar-refractivity contribution is 6.11. The Morgan fingerprint density at radius 2 is 1.97 bits per heavy atom. The van der Waals surface area contributed by atoms with Crippen LogP contribution in [-0.2, 0) is 4.74 Å². The van der Waals surface area contributed by atoms with Gasteiger partial charge >= 0.3 is 0 Å². The highest BCUT2D eigenvalue weighted by Crippen LogP contribution is 2.25. The molecule has 6 N–H and O–H groups in total. The lowest BCUT2D eigenvalue weighted by atomic mass is 9.92. The standard InChI is InChI=1S/C29H40N6O3/c1-18-14-20(6-9-22(18)29(37)32-21-7-8-21)23(16-30)28-34-26(31-17-19-10-12-38-13-11-19)15-27(35-28)33-24-4-2-3-5-25(24)36/h6,9,14-16,19,21,24-25,30-31,34,36H,2-5,7-8,10-13,17H2,1H3,(H,32,37)(H,33,35)/b28-23-,30-16?/t24-,25?/m0/s1. The van der Waals surface area contributed by atoms with Crippen LogP contribution in [0.15, 0.2) is 40.9 Å². The first-order valence-corrected chi connectivity index (χ1v) is 14.0. The number of ether oxygens (including phenoxy) is 1. The molecular weight excluding hydrogens is 480 g/mol. The van der Waals surface area contributed by atoms with Gasteiger partial charge in [0.2, 0.25) is 0 Å². The van der Waals surface area contributed by atoms with E-state index < -0.39 is 6.10 Å². The minimum Gasteiger partial charge on any atom is -0.391 e. The number of allylic oxidation sites excluding steroid dienone is 1. The molecule has 204 valence electrons. The van der Waals surface area contributed by atoms with Crippen molar-refractivity contribution in [3.05, 3.63) is 52.6 Å². The van der Waals surface area contributed by atoms with Crippen molar-refractivity contribution in [1.82, 2.24) is 21.3 Å². The molecule has 1 saturated heterocycles. The molecule has 1 unspecified atom stereocenters. The summed E-state index contributed by atoms with van der Waals surface area (Å²) in [5, 5.41) is 32.2. The van der Waals surface area contributed by atoms with Crippen LogP contribution in [0.1, 0.15) is 72.9 Å². The molecule has 0 radical (unpaired) electrons. The van der Waals surface area contributed by atoms with Crippen LogP contribution in [0.25, 0.3) is 5.57 Å². The van der Waals surface area contributed by atoms with E-state index in [0.717, 1.165) is 88.1 Å². The number of carbonyl (C=O) groups is 1. The maximum absolute atomic E-state index is 12.6. The number of hydrogen-bond donors (Lipinski definition) is 6. The van der Waals surface area contributed by atoms with Crippen molar-refractivity contribution in [3.8, 4) is 0 Å². The molecule has 1 amide bonds. The molecule has 1 aromatic carbocycles. The number of amidine groups is 1. The molecule has 1 aromatic rings. The Kier molecular flexibility index (Phi) is 8.44. The third-order valence-electron chi connectivity index (χ3n) is 7.85. The molecule has 0 bridgehead atoms. The Labute approximate surface area is 224 Å². The zero-order chi connectivity index (χ0) is 26.5. The van der Waals surface area contributed by atoms with E-state index in [0.29, 0.717) is 34.8 Å². The van der Waals surface area contributed by atoms with Crippen LogP contribution in [0, 0.1) is 18.3 Å². The van der Waals surface area contributed by atoms with Crippen molar-refractivity contribution < 1.29 is 14.6 Å². The van der Waals surface area contributed by atoms with E-state index in [-0.39, 0.29) is 11.9 Å². The SMILES string of the molecule is Cc1cc(/C(C=N)=C2\N=C(N[C@H]3CCCCC3O)C=C(NCC3CCOCC3)N2)ccc1C(=O)NC1CC1. The normalized spacial score (nSPS) is 25.4. The van der Waals surface area contributed by atoms with E-state index in [1.165, 1.54) is 6.21 Å². The molecule has 3 fully saturated rings. The smallest absolute Gasteiger partial charge is 0.251 e. The van der Waals surface area contributed by atoms with Crippen LogP contribution in [0.3, 0.4) is 0 Å². The Balaban J connectivity index is 1.40. The van der Waals surface area contributed by atoms with Crippen molar-refractivity contribution in [3.63, 3.8) is 0 Å². The minimum absolute atomic E-state index is 0.0468. The number of aliphatic hydroxyl groups excluding tert-OH is 1. The summed E-state index contributed by atoms with van der Waals surface area (Å²) in [5.41, 5.74) is 2.96. The monoisotopic (exact) mass is 520 g/mol. The molecule has 2 aliphatic heterocycles. The van der Waals surface area contributed by atoms with Crippen molar-refractivity contribution in [2.45, 2.75) is 76.5 Å². The summed E-state index contributed by atoms with van der Waals surface area (Å²) in [7, 11) is 0. The number of aryl methyl sites for hydroxylation is 1. The predicted octanol–water partition coefficient (Wildman–Crippen LogP) is 2.96. The quantitative estimate of drug-likeness (QED) is 0.292. The van der Waals surface area contributed by atoms with Crippen molar-refractivity contribution >= 4 is 23.5 Å². The molecule has 9 nitrogen and oxygen atoms in total. The number of benzene rings is 1. The van der Waals surface area contributed by atoms with Crippen LogP contribution in [0.4, 0.5) is 0 Å². The van der Waals surface area contributed by atoms with Crippen LogP contribution in [0.2, 0.25) is 0 Å². The lowest BCUT2D eigenvalue weighted by molar-refractivity contribution is 0.0669. The van der Waals surface area contributed by atoms with E-state index in [1.54, 1.807) is 0 Å². The van der Waals surface area contributed by atoms with Crippen LogP contribution >= 0.6 is 0 Å². The van der Waals surface area contributed by atoms with Gasteiger partial charge in [-0.05, 0) is 68.6 Å². The zero-order valence-corrected chi connectivity index (χ0v) is 22.2. The molecule has 2 heterocycles. The van der Waals surface area contributed by atoms with Gasteiger partial charge in [0.1, 0.15) is 17.5 Å². The second-order valence-corrected chi connectivity index (χ2v) is 10.9. The molecule has 5 rings (SSSR count). The molecule has 0 aromatic heterocycles. The average Bonchev–Trinajstić information content (AvgIpc) is 3.74. The number of amides is 1. The Bertz CT molecular complexity index is 1130. The van der Waals surface area contributed by atoms with Gasteiger partial charge < -0.3 is 36.5 Å². The minimum atomic E-state index is -0.403. The fourth-order valence-electron chi connectivity index (χ4n) is 5.32. The topological polar surface area (TPSA) is 131 Å². The zero-order valence-electron chi connectivity index (χ0n) is 22.2. The summed E-state index contributed by atoms with van der Waals surface area (Å²) in [6.07, 6.45) is 10.8. The number of carbonyl (C=O) groups excluding carboxylic acids is 1. The van der Waals surface area contributed by atoms with Crippen LogP contribution < -0.4 is 21.3 Å². The van der Waals surface area contributed by atoms with Gasteiger partial charge in [-0.3, -0.25) is 4.79 Å². The maximum atomic E-state index is 12.6. The lowest BCUT2D eigenvalue weighted by Crippen LogP contribution is -2.46. The number of hydrogen-bond acceptors (Lipinski definition) is 8. The molecule has 2 atom stereocenters. The Morgan fingerprint density at radius 1 is 1.18 bits per heavy atom. The van der Waals surface area contributed by atoms with E-state index in [2.05, 4.69) is 21.3 Å². The average molecular weight is 521 g/mol. The summed E-state index contributed by atoms with van der Waals surface area (Å²) in [4.78, 5) is 17.5. The molecular formula is C29H40N6O3. The number of nitrogens with one attached hydrogen (secondary N) is 5. The number of aliphatic imine (C=N–C) groups is 1. The largest absolute Gasteiger partial charge is 0.391 e. The van der Waals surface area contributed by atoms with Gasteiger partial charge in [-0.15, -0.1) is 0 Å². The van der Waals surface area contributed by atoms with Crippen LogP contribution in [0.5, 0.6) is 0 Å². The van der Waals surface area contributed by atoms with E-state index in [1.807, 2.05) is 31.2 Å². The second kappa shape index (κ2) is 12.1. The fraction of sp³-hybridized carbons (Fsp3) is 0.552. The summed E-state index contributed by atoms with van der Waals surface area (Å²) in [6.45, 7) is 4.33. The van der Waals surface area contributed by atoms with Crippen LogP contribution in [-0.4, -0.2) is 61.0 Å². The molecule has 2 aliphatic carbocycles. The van der Waals surface area contributed by atoms with Crippen molar-refractivity contribution in [2.75, 3.05) is 19.8 Å². The van der Waals surface area contributed by atoms with Gasteiger partial charge in [-0.1, -0.05) is 25.0 Å². The predicted molar refractivity (Wildman–Crippen MR) is 149 cm³/mol. The van der Waals surface area contributed by atoms with Crippen molar-refractivity contribution in [2.24, 2.45) is 10.9 Å². The molecule has 9 heteroatoms. The number of nitrogens with zero attached hydrogens (tertiary/aromatic N) is 1. The van der Waals surface area contributed by atoms with E-state index in [9.17, 15) is 9.90 Å². The van der Waals surface area contributed by atoms with Gasteiger partial charge in [0.15, 0.2) is 0 Å². The molecule has 0 spiro atoms. The van der Waals surface area contributed by atoms with Gasteiger partial charge in [-0.25, -0.2) is 4.99 Å². The molecule has 4 aliphatic rings. The summed E-state index contributed by atoms with van der Waals surface area (Å²) >= 11 is 0. The molecule has 38 heavy (non-hydrogen) atoms. The highest BCUT2D eigenvalue weighted by Gasteiger charge is 2.26. The molecule has 2 saturated carbocycles. The van der Waals surface area contributed by atoms with E-state index in [4.69, 9.17) is 15.1 Å². The van der Waals surface area contributed by atoms with Gasteiger partial charge in [0.25, 0.3) is 5.91 Å². The summed E-state index contributed by atoms with van der Waals surface area (Å²) in [5.74, 6) is 2.52. The van der Waals surface area contributed by atoms with Crippen molar-refractivity contribution in [1.29, 1.82) is 5.41 Å². The Hall–Kier alpha value is -3.17. The first-order valence-electron chi connectivity index (χ1n) is 14.0. The third kappa shape index (κ3) is 6.63. The Morgan fingerprint density at radius 3 is 2.68 bits per heavy atom.